The molecule has 2 fully saturated rings. The molecule has 2 aliphatic rings. The van der Waals surface area contributed by atoms with Crippen LogP contribution in [0.15, 0.2) is 65.7 Å². The number of hydrogen-bond donors (Lipinski definition) is 2. The fraction of sp³-hybridized carbons (Fsp3) is 0.500. The Kier molecular flexibility index (Phi) is 12.8. The molecule has 2 saturated heterocycles. The molecule has 2 aliphatic heterocycles. The third-order valence-electron chi connectivity index (χ3n) is 9.03. The van der Waals surface area contributed by atoms with Gasteiger partial charge in [0.1, 0.15) is 24.3 Å². The number of primary amides is 1. The molecule has 4 atom stereocenters. The minimum atomic E-state index is -3.87. The summed E-state index contributed by atoms with van der Waals surface area (Å²) in [5, 5.41) is 0. The van der Waals surface area contributed by atoms with Gasteiger partial charge in [-0.25, -0.2) is 18.0 Å². The first kappa shape index (κ1) is 37.3. The van der Waals surface area contributed by atoms with Gasteiger partial charge >= 0.3 is 12.1 Å². The van der Waals surface area contributed by atoms with Crippen LogP contribution in [0.1, 0.15) is 55.5 Å². The zero-order valence-electron chi connectivity index (χ0n) is 28.1. The SMILES string of the molecule is C[C@H](OC(=O)N=C(N)N1CCC(CN([C@H](Cc2ccccc2)C(=O)N2CCC[C@H]2C(N)=O)S(C)(=O)=O)CC1)[C@H](C)OC(=O)c1ccccc1. The summed E-state index contributed by atoms with van der Waals surface area (Å²) >= 11 is 0. The average molecular weight is 699 g/mol. The second kappa shape index (κ2) is 16.7. The lowest BCUT2D eigenvalue weighted by molar-refractivity contribution is -0.140. The predicted molar refractivity (Wildman–Crippen MR) is 183 cm³/mol. The molecule has 0 saturated carbocycles. The number of guanidine groups is 1. The monoisotopic (exact) mass is 698 g/mol. The van der Waals surface area contributed by atoms with Crippen molar-refractivity contribution in [2.45, 2.75) is 70.2 Å². The number of likely N-dealkylation sites (tertiary alicyclic amines) is 2. The second-order valence-electron chi connectivity index (χ2n) is 12.6. The van der Waals surface area contributed by atoms with Crippen LogP contribution in [-0.4, -0.2) is 109 Å². The molecule has 0 aromatic heterocycles. The maximum atomic E-state index is 14.0. The van der Waals surface area contributed by atoms with Crippen molar-refractivity contribution in [1.82, 2.24) is 14.1 Å². The van der Waals surface area contributed by atoms with Crippen LogP contribution >= 0.6 is 0 Å². The van der Waals surface area contributed by atoms with Crippen LogP contribution in [0.5, 0.6) is 0 Å². The second-order valence-corrected chi connectivity index (χ2v) is 14.5. The number of amides is 3. The molecule has 4 rings (SSSR count). The van der Waals surface area contributed by atoms with Crippen LogP contribution < -0.4 is 11.5 Å². The van der Waals surface area contributed by atoms with Gasteiger partial charge in [0.25, 0.3) is 0 Å². The molecule has 2 aromatic rings. The summed E-state index contributed by atoms with van der Waals surface area (Å²) in [5.41, 5.74) is 12.9. The normalized spacial score (nSPS) is 19.3. The number of nitrogens with two attached hydrogens (primary N) is 2. The molecule has 14 nitrogen and oxygen atoms in total. The molecule has 0 unspecified atom stereocenters. The van der Waals surface area contributed by atoms with Gasteiger partial charge in [0, 0.05) is 26.2 Å². The Morgan fingerprint density at radius 1 is 0.898 bits per heavy atom. The lowest BCUT2D eigenvalue weighted by atomic mass is 9.95. The third-order valence-corrected chi connectivity index (χ3v) is 10.3. The molecular weight excluding hydrogens is 652 g/mol. The van der Waals surface area contributed by atoms with Gasteiger partial charge in [-0.1, -0.05) is 48.5 Å². The number of aliphatic imine (C=N–C) groups is 1. The first-order chi connectivity index (χ1) is 23.2. The summed E-state index contributed by atoms with van der Waals surface area (Å²) in [6.45, 7) is 4.37. The number of nitrogens with zero attached hydrogens (tertiary/aromatic N) is 4. The lowest BCUT2D eigenvalue weighted by Gasteiger charge is -2.38. The summed E-state index contributed by atoms with van der Waals surface area (Å²) in [6, 6.07) is 15.8. The van der Waals surface area contributed by atoms with E-state index >= 15 is 0 Å². The van der Waals surface area contributed by atoms with E-state index in [0.717, 1.165) is 11.8 Å². The van der Waals surface area contributed by atoms with Gasteiger partial charge in [0.2, 0.25) is 27.8 Å². The van der Waals surface area contributed by atoms with Crippen molar-refractivity contribution in [3.63, 3.8) is 0 Å². The first-order valence-electron chi connectivity index (χ1n) is 16.4. The zero-order chi connectivity index (χ0) is 35.7. The molecule has 15 heteroatoms. The van der Waals surface area contributed by atoms with Crippen molar-refractivity contribution < 1.29 is 37.1 Å². The highest BCUT2D eigenvalue weighted by Crippen LogP contribution is 2.26. The Bertz CT molecular complexity index is 1600. The van der Waals surface area contributed by atoms with E-state index in [1.54, 1.807) is 49.1 Å². The van der Waals surface area contributed by atoms with Crippen molar-refractivity contribution in [2.24, 2.45) is 22.4 Å². The number of carbonyl (C=O) groups is 4. The standard InChI is InChI=1S/C34H46N6O8S/c1-23(47-32(43)27-13-8-5-9-14-27)24(2)48-34(44)37-33(36)38-19-16-26(17-20-38)22-40(49(3,45)46)29(21-25-11-6-4-7-12-25)31(42)39-18-10-15-28(39)30(35)41/h4-9,11-14,23-24,26,28-29H,10,15-22H2,1-3H3,(H2,35,41)(H2,36,37,44)/t23-,24-,28-,29+/m0/s1. The Balaban J connectivity index is 1.38. The van der Waals surface area contributed by atoms with E-state index in [1.165, 1.54) is 9.21 Å². The number of benzene rings is 2. The van der Waals surface area contributed by atoms with Crippen molar-refractivity contribution in [1.29, 1.82) is 0 Å². The molecule has 2 heterocycles. The number of piperidine rings is 1. The summed E-state index contributed by atoms with van der Waals surface area (Å²) in [7, 11) is -3.87. The maximum Gasteiger partial charge on any atom is 0.437 e. The first-order valence-corrected chi connectivity index (χ1v) is 18.3. The smallest absolute Gasteiger partial charge is 0.437 e. The molecular formula is C34H46N6O8S. The van der Waals surface area contributed by atoms with Gasteiger partial charge < -0.3 is 30.7 Å². The number of ether oxygens (including phenoxy) is 2. The highest BCUT2D eigenvalue weighted by molar-refractivity contribution is 7.88. The van der Waals surface area contributed by atoms with E-state index in [0.29, 0.717) is 50.9 Å². The van der Waals surface area contributed by atoms with Gasteiger partial charge in [-0.05, 0) is 69.6 Å². The average Bonchev–Trinajstić information content (AvgIpc) is 3.57. The topological polar surface area (TPSA) is 195 Å². The van der Waals surface area contributed by atoms with Gasteiger partial charge in [0.05, 0.1) is 11.8 Å². The van der Waals surface area contributed by atoms with E-state index < -0.39 is 58.2 Å². The van der Waals surface area contributed by atoms with Crippen LogP contribution in [-0.2, 0) is 35.5 Å². The van der Waals surface area contributed by atoms with Crippen LogP contribution in [0, 0.1) is 5.92 Å². The zero-order valence-corrected chi connectivity index (χ0v) is 29.0. The number of carbonyl (C=O) groups excluding carboxylic acids is 4. The molecule has 2 aromatic carbocycles. The van der Waals surface area contributed by atoms with Crippen molar-refractivity contribution in [3.05, 3.63) is 71.8 Å². The van der Waals surface area contributed by atoms with Gasteiger partial charge in [-0.15, -0.1) is 4.99 Å². The van der Waals surface area contributed by atoms with E-state index in [2.05, 4.69) is 4.99 Å². The highest BCUT2D eigenvalue weighted by Gasteiger charge is 2.42. The summed E-state index contributed by atoms with van der Waals surface area (Å²) in [6.07, 6.45) is 0.816. The molecule has 0 bridgehead atoms. The lowest BCUT2D eigenvalue weighted by Crippen LogP contribution is -2.56. The quantitative estimate of drug-likeness (QED) is 0.188. The third kappa shape index (κ3) is 10.2. The molecule has 0 spiro atoms. The molecule has 0 aliphatic carbocycles. The molecule has 266 valence electrons. The number of hydrogen-bond acceptors (Lipinski definition) is 8. The molecule has 3 amide bonds. The van der Waals surface area contributed by atoms with Crippen LogP contribution in [0.2, 0.25) is 0 Å². The fourth-order valence-corrected chi connectivity index (χ4v) is 7.22. The Hall–Kier alpha value is -4.50. The van der Waals surface area contributed by atoms with Gasteiger partial charge in [0.15, 0.2) is 0 Å². The molecule has 0 radical (unpaired) electrons. The Morgan fingerprint density at radius 2 is 1.49 bits per heavy atom. The fourth-order valence-electron chi connectivity index (χ4n) is 6.11. The van der Waals surface area contributed by atoms with Crippen LogP contribution in [0.4, 0.5) is 4.79 Å². The van der Waals surface area contributed by atoms with E-state index in [9.17, 15) is 27.6 Å². The van der Waals surface area contributed by atoms with Crippen molar-refractivity contribution in [3.8, 4) is 0 Å². The Morgan fingerprint density at radius 3 is 2.08 bits per heavy atom. The summed E-state index contributed by atoms with van der Waals surface area (Å²) in [5.74, 6) is -1.77. The minimum Gasteiger partial charge on any atom is -0.455 e. The largest absolute Gasteiger partial charge is 0.455 e. The van der Waals surface area contributed by atoms with Crippen LogP contribution in [0.3, 0.4) is 0 Å². The number of esters is 1. The molecule has 4 N–H and O–H groups in total. The minimum absolute atomic E-state index is 0.0480. The van der Waals surface area contributed by atoms with Gasteiger partial charge in [-0.2, -0.15) is 4.31 Å². The predicted octanol–water partition coefficient (Wildman–Crippen LogP) is 2.13. The number of rotatable bonds is 12. The summed E-state index contributed by atoms with van der Waals surface area (Å²) < 4.78 is 38.5. The van der Waals surface area contributed by atoms with E-state index in [1.807, 2.05) is 30.3 Å². The van der Waals surface area contributed by atoms with Crippen molar-refractivity contribution in [2.75, 3.05) is 32.4 Å². The summed E-state index contributed by atoms with van der Waals surface area (Å²) in [4.78, 5) is 58.0. The van der Waals surface area contributed by atoms with Crippen LogP contribution in [0.25, 0.3) is 0 Å². The van der Waals surface area contributed by atoms with E-state index in [4.69, 9.17) is 20.9 Å². The Labute approximate surface area is 287 Å². The van der Waals surface area contributed by atoms with Crippen molar-refractivity contribution >= 4 is 39.9 Å². The highest BCUT2D eigenvalue weighted by atomic mass is 32.2. The molecule has 49 heavy (non-hydrogen) atoms. The van der Waals surface area contributed by atoms with Gasteiger partial charge in [-0.3, -0.25) is 9.59 Å². The number of sulfonamides is 1. The van der Waals surface area contributed by atoms with E-state index in [-0.39, 0.29) is 24.8 Å². The maximum absolute atomic E-state index is 14.0.